The molecule has 0 bridgehead atoms. The number of hydrogen-bond donors (Lipinski definition) is 2. The van der Waals surface area contributed by atoms with E-state index in [2.05, 4.69) is 20.6 Å². The third-order valence-electron chi connectivity index (χ3n) is 4.32. The molecule has 2 N–H and O–H groups in total. The molecule has 3 aromatic rings. The zero-order valence-corrected chi connectivity index (χ0v) is 13.6. The number of hydrogen-bond acceptors (Lipinski definition) is 4. The Bertz CT molecular complexity index is 1070. The topological polar surface area (TPSA) is 92.7 Å². The molecule has 2 aromatic heterocycles. The zero-order chi connectivity index (χ0) is 18.4. The first-order valence-electron chi connectivity index (χ1n) is 7.84. The summed E-state index contributed by atoms with van der Waals surface area (Å²) in [6, 6.07) is 5.89. The molecule has 26 heavy (non-hydrogen) atoms. The third-order valence-corrected chi connectivity index (χ3v) is 4.32. The van der Waals surface area contributed by atoms with Gasteiger partial charge in [0, 0.05) is 24.0 Å². The summed E-state index contributed by atoms with van der Waals surface area (Å²) < 4.78 is 29.3. The molecule has 0 radical (unpaired) electrons. The van der Waals surface area contributed by atoms with Gasteiger partial charge in [-0.25, -0.2) is 13.9 Å². The van der Waals surface area contributed by atoms with Crippen molar-refractivity contribution in [3.63, 3.8) is 0 Å². The third kappa shape index (κ3) is 2.57. The van der Waals surface area contributed by atoms with Gasteiger partial charge in [0.1, 0.15) is 17.5 Å². The van der Waals surface area contributed by atoms with Gasteiger partial charge in [-0.3, -0.25) is 9.59 Å². The SMILES string of the molecule is Cc1nn(-c2ccc(=O)[nH]n2)c2c1[C@@H](c1cc(F)ccc1F)CC(=O)N2. The van der Waals surface area contributed by atoms with E-state index in [1.54, 1.807) is 6.92 Å². The number of amides is 1. The van der Waals surface area contributed by atoms with E-state index in [0.29, 0.717) is 17.1 Å². The molecule has 0 saturated heterocycles. The highest BCUT2D eigenvalue weighted by Gasteiger charge is 2.34. The van der Waals surface area contributed by atoms with Crippen LogP contribution >= 0.6 is 0 Å². The maximum atomic E-state index is 14.3. The number of nitrogens with one attached hydrogen (secondary N) is 2. The lowest BCUT2D eigenvalue weighted by molar-refractivity contribution is -0.116. The monoisotopic (exact) mass is 357 g/mol. The molecule has 7 nitrogen and oxygen atoms in total. The van der Waals surface area contributed by atoms with Crippen LogP contribution in [0.4, 0.5) is 14.6 Å². The molecule has 0 unspecified atom stereocenters. The minimum absolute atomic E-state index is 0.0288. The van der Waals surface area contributed by atoms with Crippen LogP contribution in [0.3, 0.4) is 0 Å². The van der Waals surface area contributed by atoms with Crippen LogP contribution in [0.15, 0.2) is 35.1 Å². The van der Waals surface area contributed by atoms with Gasteiger partial charge in [0.2, 0.25) is 5.91 Å². The molecule has 4 rings (SSSR count). The van der Waals surface area contributed by atoms with Crippen molar-refractivity contribution in [3.8, 4) is 5.82 Å². The van der Waals surface area contributed by atoms with E-state index < -0.39 is 17.6 Å². The van der Waals surface area contributed by atoms with Crippen molar-refractivity contribution in [1.82, 2.24) is 20.0 Å². The largest absolute Gasteiger partial charge is 0.310 e. The van der Waals surface area contributed by atoms with E-state index in [-0.39, 0.29) is 29.3 Å². The quantitative estimate of drug-likeness (QED) is 0.734. The number of aromatic nitrogens is 4. The Kier molecular flexibility index (Phi) is 3.64. The van der Waals surface area contributed by atoms with Crippen molar-refractivity contribution in [2.75, 3.05) is 5.32 Å². The molecular weight excluding hydrogens is 344 g/mol. The molecule has 132 valence electrons. The molecular formula is C17H13F2N5O2. The number of anilines is 1. The first-order chi connectivity index (χ1) is 12.4. The minimum Gasteiger partial charge on any atom is -0.310 e. The molecule has 1 aromatic carbocycles. The summed E-state index contributed by atoms with van der Waals surface area (Å²) in [5.41, 5.74) is 0.845. The fraction of sp³-hybridized carbons (Fsp3) is 0.176. The molecule has 1 atom stereocenters. The minimum atomic E-state index is -0.675. The van der Waals surface area contributed by atoms with Gasteiger partial charge in [0.05, 0.1) is 5.69 Å². The van der Waals surface area contributed by atoms with Crippen molar-refractivity contribution >= 4 is 11.7 Å². The van der Waals surface area contributed by atoms with Crippen molar-refractivity contribution in [3.05, 3.63) is 69.1 Å². The molecule has 1 aliphatic rings. The second kappa shape index (κ2) is 5.87. The zero-order valence-electron chi connectivity index (χ0n) is 13.6. The fourth-order valence-corrected chi connectivity index (χ4v) is 3.22. The average Bonchev–Trinajstić information content (AvgIpc) is 2.94. The van der Waals surface area contributed by atoms with E-state index >= 15 is 0 Å². The highest BCUT2D eigenvalue weighted by molar-refractivity contribution is 5.95. The highest BCUT2D eigenvalue weighted by Crippen LogP contribution is 2.40. The summed E-state index contributed by atoms with van der Waals surface area (Å²) in [7, 11) is 0. The van der Waals surface area contributed by atoms with E-state index in [0.717, 1.165) is 18.2 Å². The smallest absolute Gasteiger partial charge is 0.264 e. The fourth-order valence-electron chi connectivity index (χ4n) is 3.22. The van der Waals surface area contributed by atoms with Crippen molar-refractivity contribution in [2.45, 2.75) is 19.3 Å². The summed E-state index contributed by atoms with van der Waals surface area (Å²) in [6.45, 7) is 1.71. The van der Waals surface area contributed by atoms with Gasteiger partial charge in [-0.15, -0.1) is 0 Å². The van der Waals surface area contributed by atoms with Crippen LogP contribution in [0.5, 0.6) is 0 Å². The maximum Gasteiger partial charge on any atom is 0.264 e. The van der Waals surface area contributed by atoms with Crippen molar-refractivity contribution in [2.24, 2.45) is 0 Å². The summed E-state index contributed by atoms with van der Waals surface area (Å²) in [5.74, 6) is -1.59. The second-order valence-corrected chi connectivity index (χ2v) is 6.01. The molecule has 0 aliphatic carbocycles. The number of carbonyl (C=O) groups excluding carboxylic acids is 1. The van der Waals surface area contributed by atoms with Gasteiger partial charge in [-0.2, -0.15) is 14.9 Å². The Hall–Kier alpha value is -3.36. The number of fused-ring (bicyclic) bond motifs is 1. The maximum absolute atomic E-state index is 14.3. The van der Waals surface area contributed by atoms with Crippen LogP contribution in [0.25, 0.3) is 5.82 Å². The normalized spacial score (nSPS) is 16.3. The van der Waals surface area contributed by atoms with Crippen LogP contribution in [0, 0.1) is 18.6 Å². The Morgan fingerprint density at radius 1 is 1.19 bits per heavy atom. The number of aryl methyl sites for hydroxylation is 1. The molecule has 3 heterocycles. The lowest BCUT2D eigenvalue weighted by Crippen LogP contribution is -2.25. The van der Waals surface area contributed by atoms with Crippen molar-refractivity contribution in [1.29, 1.82) is 0 Å². The van der Waals surface area contributed by atoms with E-state index in [9.17, 15) is 18.4 Å². The van der Waals surface area contributed by atoms with Gasteiger partial charge in [-0.05, 0) is 36.8 Å². The summed E-state index contributed by atoms with van der Waals surface area (Å²) in [5, 5.41) is 13.3. The van der Waals surface area contributed by atoms with Crippen LogP contribution in [0.2, 0.25) is 0 Å². The predicted molar refractivity (Wildman–Crippen MR) is 88.2 cm³/mol. The number of carbonyl (C=O) groups is 1. The first-order valence-corrected chi connectivity index (χ1v) is 7.84. The predicted octanol–water partition coefficient (Wildman–Crippen LogP) is 2.02. The Balaban J connectivity index is 1.91. The van der Waals surface area contributed by atoms with Gasteiger partial charge >= 0.3 is 0 Å². The molecule has 9 heteroatoms. The van der Waals surface area contributed by atoms with Crippen LogP contribution in [0.1, 0.15) is 29.2 Å². The van der Waals surface area contributed by atoms with Gasteiger partial charge in [0.15, 0.2) is 5.82 Å². The lowest BCUT2D eigenvalue weighted by Gasteiger charge is -2.24. The Labute approximate surface area is 145 Å². The van der Waals surface area contributed by atoms with Gasteiger partial charge in [0.25, 0.3) is 5.56 Å². The van der Waals surface area contributed by atoms with Crippen molar-refractivity contribution < 1.29 is 13.6 Å². The standard InChI is InChI=1S/C17H13F2N5O2/c1-8-16-11(10-6-9(18)2-3-12(10)19)7-15(26)20-17(16)24(23-8)13-4-5-14(25)22-21-13/h2-6,11H,7H2,1H3,(H,20,26)(H,22,25)/t11-/m1/s1. The summed E-state index contributed by atoms with van der Waals surface area (Å²) >= 11 is 0. The number of benzene rings is 1. The molecule has 1 aliphatic heterocycles. The molecule has 0 spiro atoms. The Morgan fingerprint density at radius 2 is 2.00 bits per heavy atom. The van der Waals surface area contributed by atoms with E-state index in [4.69, 9.17) is 0 Å². The van der Waals surface area contributed by atoms with E-state index in [1.165, 1.54) is 16.8 Å². The second-order valence-electron chi connectivity index (χ2n) is 6.01. The first kappa shape index (κ1) is 16.1. The van der Waals surface area contributed by atoms with E-state index in [1.807, 2.05) is 0 Å². The van der Waals surface area contributed by atoms with Gasteiger partial charge in [-0.1, -0.05) is 0 Å². The average molecular weight is 357 g/mol. The molecule has 0 fully saturated rings. The number of halogens is 2. The summed E-state index contributed by atoms with van der Waals surface area (Å²) in [4.78, 5) is 23.4. The van der Waals surface area contributed by atoms with Gasteiger partial charge < -0.3 is 5.32 Å². The van der Waals surface area contributed by atoms with Crippen LogP contribution in [-0.2, 0) is 4.79 Å². The number of nitrogens with zero attached hydrogens (tertiary/aromatic N) is 3. The Morgan fingerprint density at radius 3 is 2.73 bits per heavy atom. The lowest BCUT2D eigenvalue weighted by atomic mass is 9.85. The number of aromatic amines is 1. The molecule has 1 amide bonds. The highest BCUT2D eigenvalue weighted by atomic mass is 19.1. The van der Waals surface area contributed by atoms with Crippen LogP contribution < -0.4 is 10.9 Å². The number of H-pyrrole nitrogens is 1. The molecule has 0 saturated carbocycles. The van der Waals surface area contributed by atoms with Crippen LogP contribution in [-0.4, -0.2) is 25.9 Å². The summed E-state index contributed by atoms with van der Waals surface area (Å²) in [6.07, 6.45) is -0.0288. The number of rotatable bonds is 2.